The maximum atomic E-state index is 5.46. The highest BCUT2D eigenvalue weighted by molar-refractivity contribution is 4.67. The molecule has 3 N–H and O–H groups in total. The fraction of sp³-hybridized carbons (Fsp3) is 1.00. The predicted molar refractivity (Wildman–Crippen MR) is 53.3 cm³/mol. The number of ether oxygens (including phenoxy) is 1. The molecule has 0 aromatic heterocycles. The van der Waals surface area contributed by atoms with Gasteiger partial charge < -0.3 is 4.74 Å². The van der Waals surface area contributed by atoms with Gasteiger partial charge in [0.25, 0.3) is 0 Å². The summed E-state index contributed by atoms with van der Waals surface area (Å²) in [6.07, 6.45) is 3.06. The zero-order chi connectivity index (χ0) is 9.52. The Balaban J connectivity index is 1.92. The maximum absolute atomic E-state index is 5.46. The molecular formula is C9H21N3O. The maximum Gasteiger partial charge on any atom is 0.0592 e. The van der Waals surface area contributed by atoms with Crippen LogP contribution in [0.1, 0.15) is 26.7 Å². The van der Waals surface area contributed by atoms with Gasteiger partial charge in [0, 0.05) is 19.9 Å². The summed E-state index contributed by atoms with van der Waals surface area (Å²) >= 11 is 0. The zero-order valence-corrected chi connectivity index (χ0v) is 8.60. The molecule has 0 bridgehead atoms. The minimum absolute atomic E-state index is 0.356. The molecule has 4 nitrogen and oxygen atoms in total. The SMILES string of the molecule is CC(C)OCCCC1NCNCN1. The molecule has 0 aromatic carbocycles. The van der Waals surface area contributed by atoms with Crippen LogP contribution < -0.4 is 16.0 Å². The summed E-state index contributed by atoms with van der Waals surface area (Å²) in [5.41, 5.74) is 0. The van der Waals surface area contributed by atoms with Crippen LogP contribution in [-0.4, -0.2) is 32.2 Å². The first kappa shape index (κ1) is 10.9. The van der Waals surface area contributed by atoms with E-state index in [1.807, 2.05) is 0 Å². The molecule has 0 spiro atoms. The Kier molecular flexibility index (Phi) is 5.31. The van der Waals surface area contributed by atoms with Crippen LogP contribution in [0.15, 0.2) is 0 Å². The van der Waals surface area contributed by atoms with Gasteiger partial charge in [-0.3, -0.25) is 16.0 Å². The van der Waals surface area contributed by atoms with Crippen molar-refractivity contribution in [3.8, 4) is 0 Å². The number of rotatable bonds is 5. The Morgan fingerprint density at radius 1 is 1.31 bits per heavy atom. The van der Waals surface area contributed by atoms with Gasteiger partial charge in [-0.25, -0.2) is 0 Å². The number of hydrogen-bond donors (Lipinski definition) is 3. The van der Waals surface area contributed by atoms with Crippen molar-refractivity contribution >= 4 is 0 Å². The quantitative estimate of drug-likeness (QED) is 0.539. The molecule has 0 radical (unpaired) electrons. The van der Waals surface area contributed by atoms with Gasteiger partial charge >= 0.3 is 0 Å². The summed E-state index contributed by atoms with van der Waals surface area (Å²) in [6, 6.07) is 0. The lowest BCUT2D eigenvalue weighted by molar-refractivity contribution is 0.0731. The summed E-state index contributed by atoms with van der Waals surface area (Å²) < 4.78 is 5.46. The number of hydrogen-bond acceptors (Lipinski definition) is 4. The molecule has 0 amide bonds. The Labute approximate surface area is 80.4 Å². The highest BCUT2D eigenvalue weighted by Gasteiger charge is 2.09. The Bertz CT molecular complexity index is 124. The first-order chi connectivity index (χ1) is 6.29. The van der Waals surface area contributed by atoms with Crippen LogP contribution in [0.5, 0.6) is 0 Å². The fourth-order valence-corrected chi connectivity index (χ4v) is 1.34. The van der Waals surface area contributed by atoms with Crippen LogP contribution in [0.3, 0.4) is 0 Å². The first-order valence-corrected chi connectivity index (χ1v) is 5.08. The molecule has 0 atom stereocenters. The molecule has 4 heteroatoms. The van der Waals surface area contributed by atoms with E-state index in [2.05, 4.69) is 29.8 Å². The molecular weight excluding hydrogens is 166 g/mol. The van der Waals surface area contributed by atoms with E-state index in [4.69, 9.17) is 4.74 Å². The van der Waals surface area contributed by atoms with Gasteiger partial charge in [-0.2, -0.15) is 0 Å². The normalized spacial score (nSPS) is 19.6. The van der Waals surface area contributed by atoms with Crippen molar-refractivity contribution in [2.45, 2.75) is 39.0 Å². The van der Waals surface area contributed by atoms with Crippen LogP contribution in [0.25, 0.3) is 0 Å². The van der Waals surface area contributed by atoms with Crippen molar-refractivity contribution in [1.82, 2.24) is 16.0 Å². The summed E-state index contributed by atoms with van der Waals surface area (Å²) in [5.74, 6) is 0. The summed E-state index contributed by atoms with van der Waals surface area (Å²) in [7, 11) is 0. The third-order valence-electron chi connectivity index (χ3n) is 2.04. The molecule has 0 saturated carbocycles. The average Bonchev–Trinajstić information content (AvgIpc) is 2.14. The Morgan fingerprint density at radius 3 is 2.62 bits per heavy atom. The van der Waals surface area contributed by atoms with Crippen LogP contribution in [0, 0.1) is 0 Å². The van der Waals surface area contributed by atoms with Crippen molar-refractivity contribution < 1.29 is 4.74 Å². The van der Waals surface area contributed by atoms with Crippen LogP contribution >= 0.6 is 0 Å². The highest BCUT2D eigenvalue weighted by atomic mass is 16.5. The third kappa shape index (κ3) is 5.21. The van der Waals surface area contributed by atoms with E-state index in [0.717, 1.165) is 32.8 Å². The zero-order valence-electron chi connectivity index (χ0n) is 8.60. The van der Waals surface area contributed by atoms with E-state index in [9.17, 15) is 0 Å². The second-order valence-corrected chi connectivity index (χ2v) is 3.63. The van der Waals surface area contributed by atoms with E-state index in [1.54, 1.807) is 0 Å². The molecule has 1 fully saturated rings. The van der Waals surface area contributed by atoms with E-state index in [-0.39, 0.29) is 0 Å². The molecule has 0 unspecified atom stereocenters. The van der Waals surface area contributed by atoms with Gasteiger partial charge in [0.15, 0.2) is 0 Å². The molecule has 78 valence electrons. The van der Waals surface area contributed by atoms with Gasteiger partial charge in [-0.1, -0.05) is 0 Å². The molecule has 0 aliphatic carbocycles. The monoisotopic (exact) mass is 187 g/mol. The van der Waals surface area contributed by atoms with Crippen LogP contribution in [-0.2, 0) is 4.74 Å². The van der Waals surface area contributed by atoms with E-state index in [0.29, 0.717) is 12.3 Å². The first-order valence-electron chi connectivity index (χ1n) is 5.08. The molecule has 1 heterocycles. The lowest BCUT2D eigenvalue weighted by Gasteiger charge is -2.25. The number of nitrogens with one attached hydrogen (secondary N) is 3. The average molecular weight is 187 g/mol. The van der Waals surface area contributed by atoms with Crippen molar-refractivity contribution in [2.24, 2.45) is 0 Å². The fourth-order valence-electron chi connectivity index (χ4n) is 1.34. The standard InChI is InChI=1S/C9H21N3O/c1-8(2)13-5-3-4-9-11-6-10-7-12-9/h8-12H,3-7H2,1-2H3. The second-order valence-electron chi connectivity index (χ2n) is 3.63. The highest BCUT2D eigenvalue weighted by Crippen LogP contribution is 1.98. The van der Waals surface area contributed by atoms with Crippen LogP contribution in [0.4, 0.5) is 0 Å². The second kappa shape index (κ2) is 6.32. The van der Waals surface area contributed by atoms with Gasteiger partial charge in [0.1, 0.15) is 0 Å². The lowest BCUT2D eigenvalue weighted by Crippen LogP contribution is -2.55. The topological polar surface area (TPSA) is 45.3 Å². The van der Waals surface area contributed by atoms with E-state index in [1.165, 1.54) is 0 Å². The third-order valence-corrected chi connectivity index (χ3v) is 2.04. The predicted octanol–water partition coefficient (Wildman–Crippen LogP) is 0.215. The molecule has 1 rings (SSSR count). The molecule has 1 saturated heterocycles. The Morgan fingerprint density at radius 2 is 2.00 bits per heavy atom. The minimum Gasteiger partial charge on any atom is -0.379 e. The van der Waals surface area contributed by atoms with Crippen molar-refractivity contribution in [2.75, 3.05) is 19.9 Å². The Hall–Kier alpha value is -0.160. The van der Waals surface area contributed by atoms with E-state index >= 15 is 0 Å². The van der Waals surface area contributed by atoms with Gasteiger partial charge in [-0.05, 0) is 26.7 Å². The van der Waals surface area contributed by atoms with Gasteiger partial charge in [-0.15, -0.1) is 0 Å². The van der Waals surface area contributed by atoms with E-state index < -0.39 is 0 Å². The molecule has 1 aliphatic heterocycles. The smallest absolute Gasteiger partial charge is 0.0592 e. The summed E-state index contributed by atoms with van der Waals surface area (Å²) in [6.45, 7) is 6.82. The summed E-state index contributed by atoms with van der Waals surface area (Å²) in [4.78, 5) is 0. The largest absolute Gasteiger partial charge is 0.379 e. The minimum atomic E-state index is 0.356. The van der Waals surface area contributed by atoms with Crippen molar-refractivity contribution in [3.05, 3.63) is 0 Å². The van der Waals surface area contributed by atoms with Crippen LogP contribution in [0.2, 0.25) is 0 Å². The molecule has 0 aromatic rings. The van der Waals surface area contributed by atoms with Gasteiger partial charge in [0.05, 0.1) is 12.3 Å². The molecule has 1 aliphatic rings. The summed E-state index contributed by atoms with van der Waals surface area (Å²) in [5, 5.41) is 9.83. The lowest BCUT2D eigenvalue weighted by atomic mass is 10.2. The van der Waals surface area contributed by atoms with Crippen molar-refractivity contribution in [1.29, 1.82) is 0 Å². The van der Waals surface area contributed by atoms with Crippen molar-refractivity contribution in [3.63, 3.8) is 0 Å². The van der Waals surface area contributed by atoms with Gasteiger partial charge in [0.2, 0.25) is 0 Å². The molecule has 13 heavy (non-hydrogen) atoms.